The van der Waals surface area contributed by atoms with Crippen molar-refractivity contribution in [3.05, 3.63) is 29.6 Å². The minimum absolute atomic E-state index is 0.0266. The molecule has 3 N–H and O–H groups in total. The fourth-order valence-corrected chi connectivity index (χ4v) is 2.16. The molecule has 0 bridgehead atoms. The van der Waals surface area contributed by atoms with Gasteiger partial charge in [0.15, 0.2) is 11.6 Å². The average molecular weight is 303 g/mol. The first-order chi connectivity index (χ1) is 9.41. The van der Waals surface area contributed by atoms with E-state index in [-0.39, 0.29) is 18.6 Å². The average Bonchev–Trinajstić information content (AvgIpc) is 2.73. The molecule has 0 saturated heterocycles. The number of urea groups is 1. The Hall–Kier alpha value is -1.89. The molecule has 0 saturated carbocycles. The summed E-state index contributed by atoms with van der Waals surface area (Å²) in [5, 5.41) is 1.89. The minimum Gasteiger partial charge on any atom is -0.352 e. The number of hydrogen-bond donors (Lipinski definition) is 2. The maximum atomic E-state index is 13.9. The van der Waals surface area contributed by atoms with Crippen LogP contribution >= 0.6 is 11.6 Å². The molecule has 0 spiro atoms. The van der Waals surface area contributed by atoms with E-state index < -0.39 is 23.0 Å². The Morgan fingerprint density at radius 1 is 1.55 bits per heavy atom. The molecule has 2 amide bonds. The number of rotatable bonds is 4. The highest BCUT2D eigenvalue weighted by Crippen LogP contribution is 2.27. The molecule has 1 heterocycles. The molecule has 1 aromatic carbocycles. The summed E-state index contributed by atoms with van der Waals surface area (Å²) < 4.78 is 28.7. The van der Waals surface area contributed by atoms with E-state index in [2.05, 4.69) is 10.3 Å². The number of nitrogens with zero attached hydrogens (tertiary/aromatic N) is 2. The van der Waals surface area contributed by atoms with Gasteiger partial charge in [0.1, 0.15) is 11.3 Å². The molecule has 108 valence electrons. The number of fused-ring (bicyclic) bond motifs is 1. The van der Waals surface area contributed by atoms with Crippen molar-refractivity contribution in [2.24, 2.45) is 5.73 Å². The van der Waals surface area contributed by atoms with Crippen LogP contribution in [-0.4, -0.2) is 22.1 Å². The van der Waals surface area contributed by atoms with Gasteiger partial charge in [-0.3, -0.25) is 0 Å². The smallest absolute Gasteiger partial charge is 0.312 e. The van der Waals surface area contributed by atoms with Crippen molar-refractivity contribution in [3.63, 3.8) is 0 Å². The molecule has 1 unspecified atom stereocenters. The molecule has 1 aromatic heterocycles. The van der Waals surface area contributed by atoms with Crippen molar-refractivity contribution < 1.29 is 13.6 Å². The second-order valence-corrected chi connectivity index (χ2v) is 4.91. The second-order valence-electron chi connectivity index (χ2n) is 4.26. The largest absolute Gasteiger partial charge is 0.352 e. The molecule has 0 aliphatic rings. The molecular formula is C12H13ClF2N4O. The van der Waals surface area contributed by atoms with Crippen molar-refractivity contribution in [1.82, 2.24) is 14.9 Å². The van der Waals surface area contributed by atoms with Gasteiger partial charge in [0, 0.05) is 13.1 Å². The van der Waals surface area contributed by atoms with Crippen molar-refractivity contribution >= 4 is 28.7 Å². The fraction of sp³-hybridized carbons (Fsp3) is 0.333. The number of alkyl halides is 1. The number of aromatic nitrogens is 2. The van der Waals surface area contributed by atoms with E-state index in [1.165, 1.54) is 10.6 Å². The lowest BCUT2D eigenvalue weighted by Gasteiger charge is -2.11. The van der Waals surface area contributed by atoms with Gasteiger partial charge in [-0.1, -0.05) is 0 Å². The maximum absolute atomic E-state index is 13.9. The maximum Gasteiger partial charge on any atom is 0.312 e. The van der Waals surface area contributed by atoms with E-state index in [0.717, 1.165) is 6.07 Å². The summed E-state index contributed by atoms with van der Waals surface area (Å²) in [6.07, 6.45) is 0. The van der Waals surface area contributed by atoms with Crippen molar-refractivity contribution in [1.29, 1.82) is 0 Å². The van der Waals surface area contributed by atoms with Crippen molar-refractivity contribution in [3.8, 4) is 0 Å². The highest BCUT2D eigenvalue weighted by Gasteiger charge is 2.19. The normalized spacial score (nSPS) is 12.6. The van der Waals surface area contributed by atoms with Crippen LogP contribution in [0.3, 0.4) is 0 Å². The Balaban J connectivity index is 2.49. The third-order valence-electron chi connectivity index (χ3n) is 2.82. The highest BCUT2D eigenvalue weighted by molar-refractivity contribution is 6.20. The molecule has 20 heavy (non-hydrogen) atoms. The lowest BCUT2D eigenvalue weighted by Crippen LogP contribution is -2.32. The first kappa shape index (κ1) is 14.5. The van der Waals surface area contributed by atoms with Gasteiger partial charge in [-0.15, -0.1) is 11.6 Å². The molecule has 0 radical (unpaired) electrons. The number of carbonyl (C=O) groups is 1. The van der Waals surface area contributed by atoms with E-state index in [9.17, 15) is 13.6 Å². The van der Waals surface area contributed by atoms with Crippen molar-refractivity contribution in [2.45, 2.75) is 18.8 Å². The summed E-state index contributed by atoms with van der Waals surface area (Å²) in [5.74, 6) is -1.55. The molecule has 8 heteroatoms. The molecule has 5 nitrogen and oxygen atoms in total. The van der Waals surface area contributed by atoms with Crippen LogP contribution in [0.25, 0.3) is 11.0 Å². The summed E-state index contributed by atoms with van der Waals surface area (Å²) in [7, 11) is 0. The molecular weight excluding hydrogens is 290 g/mol. The van der Waals surface area contributed by atoms with Gasteiger partial charge in [0.25, 0.3) is 0 Å². The Labute approximate surface area is 118 Å². The monoisotopic (exact) mass is 302 g/mol. The molecule has 2 rings (SSSR count). The fourth-order valence-electron chi connectivity index (χ4n) is 2.00. The van der Waals surface area contributed by atoms with E-state index >= 15 is 0 Å². The topological polar surface area (TPSA) is 72.9 Å². The lowest BCUT2D eigenvalue weighted by molar-refractivity contribution is 0.248. The lowest BCUT2D eigenvalue weighted by atomic mass is 10.3. The minimum atomic E-state index is -0.988. The number of nitrogens with two attached hydrogens (primary N) is 1. The molecule has 0 aliphatic heterocycles. The van der Waals surface area contributed by atoms with Gasteiger partial charge < -0.3 is 15.6 Å². The summed E-state index contributed by atoms with van der Waals surface area (Å²) >= 11 is 6.00. The van der Waals surface area contributed by atoms with E-state index in [0.29, 0.717) is 11.3 Å². The van der Waals surface area contributed by atoms with Crippen LogP contribution in [0.15, 0.2) is 12.1 Å². The highest BCUT2D eigenvalue weighted by atomic mass is 35.5. The zero-order valence-corrected chi connectivity index (χ0v) is 11.4. The van der Waals surface area contributed by atoms with Crippen LogP contribution < -0.4 is 11.1 Å². The predicted molar refractivity (Wildman–Crippen MR) is 71.5 cm³/mol. The first-order valence-corrected chi connectivity index (χ1v) is 6.37. The van der Waals surface area contributed by atoms with Crippen LogP contribution in [0.4, 0.5) is 13.6 Å². The quantitative estimate of drug-likeness (QED) is 0.850. The first-order valence-electron chi connectivity index (χ1n) is 5.93. The van der Waals surface area contributed by atoms with Gasteiger partial charge in [0.05, 0.1) is 10.9 Å². The van der Waals surface area contributed by atoms with E-state index in [1.807, 2.05) is 0 Å². The Kier molecular flexibility index (Phi) is 4.08. The number of primary amides is 1. The van der Waals surface area contributed by atoms with Gasteiger partial charge in [-0.05, 0) is 19.1 Å². The van der Waals surface area contributed by atoms with Crippen LogP contribution in [0, 0.1) is 11.6 Å². The van der Waals surface area contributed by atoms with E-state index in [4.69, 9.17) is 17.3 Å². The number of amides is 2. The summed E-state index contributed by atoms with van der Waals surface area (Å²) in [5.41, 5.74) is 5.30. The zero-order chi connectivity index (χ0) is 14.9. The Morgan fingerprint density at radius 2 is 2.25 bits per heavy atom. The second kappa shape index (κ2) is 5.62. The number of halogens is 3. The Morgan fingerprint density at radius 3 is 2.85 bits per heavy atom. The zero-order valence-electron chi connectivity index (χ0n) is 10.7. The summed E-state index contributed by atoms with van der Waals surface area (Å²) in [6, 6.07) is 1.70. The molecule has 1 atom stereocenters. The number of carbonyl (C=O) groups excluding carboxylic acids is 1. The molecule has 0 aliphatic carbocycles. The number of benzene rings is 1. The predicted octanol–water partition coefficient (Wildman–Crippen LogP) is 2.28. The van der Waals surface area contributed by atoms with Gasteiger partial charge >= 0.3 is 6.03 Å². The number of imidazole rings is 1. The standard InChI is InChI=1S/C12H13ClF2N4O/c1-6(13)11-18-8-3-2-7(14)9(15)10(8)19(11)5-4-17-12(16)20/h2-3,6H,4-5H2,1H3,(H3,16,17,20). The Bertz CT molecular complexity index is 656. The van der Waals surface area contributed by atoms with Crippen LogP contribution in [0.2, 0.25) is 0 Å². The molecule has 0 fully saturated rings. The van der Waals surface area contributed by atoms with Crippen LogP contribution in [-0.2, 0) is 6.54 Å². The number of hydrogen-bond acceptors (Lipinski definition) is 2. The summed E-state index contributed by atoms with van der Waals surface area (Å²) in [6.45, 7) is 2.02. The molecule has 2 aromatic rings. The third-order valence-corrected chi connectivity index (χ3v) is 3.01. The third kappa shape index (κ3) is 2.67. The summed E-state index contributed by atoms with van der Waals surface area (Å²) in [4.78, 5) is 14.8. The SMILES string of the molecule is CC(Cl)c1nc2ccc(F)c(F)c2n1CCNC(N)=O. The van der Waals surface area contributed by atoms with Gasteiger partial charge in [-0.25, -0.2) is 18.6 Å². The van der Waals surface area contributed by atoms with Gasteiger partial charge in [0.2, 0.25) is 0 Å². The van der Waals surface area contributed by atoms with Gasteiger partial charge in [-0.2, -0.15) is 0 Å². The van der Waals surface area contributed by atoms with Crippen LogP contribution in [0.5, 0.6) is 0 Å². The number of nitrogens with one attached hydrogen (secondary N) is 1. The van der Waals surface area contributed by atoms with Crippen LogP contribution in [0.1, 0.15) is 18.1 Å². The van der Waals surface area contributed by atoms with E-state index in [1.54, 1.807) is 6.92 Å². The van der Waals surface area contributed by atoms with Crippen molar-refractivity contribution in [2.75, 3.05) is 6.54 Å².